The van der Waals surface area contributed by atoms with Crippen LogP contribution in [-0.2, 0) is 13.4 Å². The number of rotatable bonds is 3. The average molecular weight is 386 g/mol. The van der Waals surface area contributed by atoms with E-state index in [2.05, 4.69) is 21.5 Å². The van der Waals surface area contributed by atoms with Gasteiger partial charge >= 0.3 is 0 Å². The van der Waals surface area contributed by atoms with Crippen molar-refractivity contribution < 1.29 is 11.7 Å². The molecular weight excluding hydrogens is 356 g/mol. The van der Waals surface area contributed by atoms with Gasteiger partial charge in [0.25, 0.3) is 0 Å². The van der Waals surface area contributed by atoms with Crippen molar-refractivity contribution in [2.75, 3.05) is 0 Å². The minimum atomic E-state index is -1.45. The zero-order valence-corrected chi connectivity index (χ0v) is 17.8. The standard InChI is InChI=1S/C26H27N2O/c1-15(2)12-19-13-18(5)28(7)22(14-19)24-17(4)8-10-20-23-16(3)9-11-21(27-6)26(23)29-25(20)24/h8-11,13-15H,12H2,1-5,7H3/q+1/i12D2. The van der Waals surface area contributed by atoms with E-state index in [9.17, 15) is 0 Å². The molecule has 0 bridgehead atoms. The van der Waals surface area contributed by atoms with E-state index in [1.165, 1.54) is 0 Å². The molecule has 146 valence electrons. The van der Waals surface area contributed by atoms with Crippen molar-refractivity contribution in [1.29, 1.82) is 0 Å². The minimum absolute atomic E-state index is 0.153. The van der Waals surface area contributed by atoms with Crippen LogP contribution < -0.4 is 4.57 Å². The first-order chi connectivity index (χ1) is 14.6. The Morgan fingerprint density at radius 2 is 1.79 bits per heavy atom. The summed E-state index contributed by atoms with van der Waals surface area (Å²) in [5.41, 5.74) is 7.47. The smallest absolute Gasteiger partial charge is 0.229 e. The van der Waals surface area contributed by atoms with E-state index < -0.39 is 6.37 Å². The monoisotopic (exact) mass is 385 g/mol. The third-order valence-electron chi connectivity index (χ3n) is 5.56. The fourth-order valence-electron chi connectivity index (χ4n) is 4.05. The lowest BCUT2D eigenvalue weighted by Crippen LogP contribution is -2.35. The summed E-state index contributed by atoms with van der Waals surface area (Å²) >= 11 is 0. The number of hydrogen-bond acceptors (Lipinski definition) is 1. The number of aromatic nitrogens is 1. The molecule has 4 aromatic rings. The number of pyridine rings is 1. The molecule has 0 aliphatic rings. The maximum absolute atomic E-state index is 8.63. The fraction of sp³-hybridized carbons (Fsp3) is 0.308. The van der Waals surface area contributed by atoms with E-state index in [1.807, 2.05) is 65.9 Å². The van der Waals surface area contributed by atoms with Gasteiger partial charge in [-0.15, -0.1) is 0 Å². The summed E-state index contributed by atoms with van der Waals surface area (Å²) in [6.07, 6.45) is -1.45. The fourth-order valence-corrected chi connectivity index (χ4v) is 4.05. The van der Waals surface area contributed by atoms with Crippen LogP contribution in [0, 0.1) is 33.3 Å². The Morgan fingerprint density at radius 3 is 2.48 bits per heavy atom. The number of hydrogen-bond donors (Lipinski definition) is 0. The van der Waals surface area contributed by atoms with E-state index in [0.29, 0.717) is 16.8 Å². The predicted molar refractivity (Wildman–Crippen MR) is 119 cm³/mol. The van der Waals surface area contributed by atoms with Crippen molar-refractivity contribution >= 4 is 27.6 Å². The number of aryl methyl sites for hydroxylation is 3. The van der Waals surface area contributed by atoms with E-state index in [1.54, 1.807) is 0 Å². The first kappa shape index (κ1) is 16.8. The molecular formula is C26H27N2O+. The summed E-state index contributed by atoms with van der Waals surface area (Å²) in [6.45, 7) is 17.4. The first-order valence-electron chi connectivity index (χ1n) is 10.9. The van der Waals surface area contributed by atoms with Crippen LogP contribution in [0.5, 0.6) is 0 Å². The van der Waals surface area contributed by atoms with Crippen molar-refractivity contribution in [3.05, 3.63) is 70.2 Å². The van der Waals surface area contributed by atoms with Gasteiger partial charge in [0.2, 0.25) is 11.4 Å². The average Bonchev–Trinajstić information content (AvgIpc) is 3.10. The number of benzene rings is 2. The lowest BCUT2D eigenvalue weighted by atomic mass is 9.96. The van der Waals surface area contributed by atoms with E-state index >= 15 is 0 Å². The Hall–Kier alpha value is -3.12. The molecule has 0 aliphatic heterocycles. The molecule has 0 radical (unpaired) electrons. The minimum Gasteiger partial charge on any atom is -0.466 e. The zero-order chi connectivity index (χ0) is 22.7. The molecule has 0 aliphatic carbocycles. The van der Waals surface area contributed by atoms with Crippen LogP contribution in [-0.4, -0.2) is 0 Å². The Labute approximate surface area is 175 Å². The third kappa shape index (κ3) is 3.09. The predicted octanol–water partition coefficient (Wildman–Crippen LogP) is 6.75. The van der Waals surface area contributed by atoms with Gasteiger partial charge in [0, 0.05) is 32.6 Å². The highest BCUT2D eigenvalue weighted by Crippen LogP contribution is 2.41. The molecule has 0 saturated carbocycles. The lowest BCUT2D eigenvalue weighted by molar-refractivity contribution is -0.666. The van der Waals surface area contributed by atoms with Crippen molar-refractivity contribution in [3.8, 4) is 11.3 Å². The summed E-state index contributed by atoms with van der Waals surface area (Å²) in [7, 11) is 2.00. The molecule has 0 saturated heterocycles. The molecule has 0 unspecified atom stereocenters. The Morgan fingerprint density at radius 1 is 1.07 bits per heavy atom. The van der Waals surface area contributed by atoms with Gasteiger partial charge in [-0.1, -0.05) is 38.1 Å². The second-order valence-electron chi connectivity index (χ2n) is 8.08. The van der Waals surface area contributed by atoms with Crippen molar-refractivity contribution in [2.45, 2.75) is 41.0 Å². The second kappa shape index (κ2) is 7.04. The Kier molecular flexibility index (Phi) is 4.08. The van der Waals surface area contributed by atoms with Crippen LogP contribution in [0.15, 0.2) is 40.8 Å². The summed E-state index contributed by atoms with van der Waals surface area (Å²) in [5, 5.41) is 1.95. The Balaban J connectivity index is 2.14. The van der Waals surface area contributed by atoms with E-state index in [-0.39, 0.29) is 5.92 Å². The van der Waals surface area contributed by atoms with Crippen molar-refractivity contribution in [1.82, 2.24) is 0 Å². The maximum Gasteiger partial charge on any atom is 0.229 e. The summed E-state index contributed by atoms with van der Waals surface area (Å²) < 4.78 is 25.7. The third-order valence-corrected chi connectivity index (χ3v) is 5.56. The van der Waals surface area contributed by atoms with Gasteiger partial charge in [0.05, 0.1) is 12.1 Å². The molecule has 0 amide bonds. The zero-order valence-electron chi connectivity index (χ0n) is 19.8. The number of furan rings is 1. The van der Waals surface area contributed by atoms with Gasteiger partial charge in [0.1, 0.15) is 18.2 Å². The van der Waals surface area contributed by atoms with E-state index in [0.717, 1.165) is 44.4 Å². The lowest BCUT2D eigenvalue weighted by Gasteiger charge is -2.11. The molecule has 3 nitrogen and oxygen atoms in total. The molecule has 0 spiro atoms. The highest BCUT2D eigenvalue weighted by Gasteiger charge is 2.24. The first-order valence-corrected chi connectivity index (χ1v) is 9.92. The Bertz CT molecular complexity index is 1390. The van der Waals surface area contributed by atoms with E-state index in [4.69, 9.17) is 13.7 Å². The van der Waals surface area contributed by atoms with Crippen molar-refractivity contribution in [2.24, 2.45) is 13.0 Å². The van der Waals surface area contributed by atoms with Gasteiger partial charge in [-0.25, -0.2) is 4.85 Å². The van der Waals surface area contributed by atoms with Crippen LogP contribution in [0.4, 0.5) is 5.69 Å². The molecule has 2 aromatic heterocycles. The SMILES string of the molecule is [2H]C([2H])(c1cc(C)[n+](C)c(-c2c(C)ccc3c2oc2c([N+]#[C-])ccc(C)c23)c1)C(C)C. The normalized spacial score (nSPS) is 13.0. The molecule has 2 aromatic carbocycles. The number of nitrogens with zero attached hydrogens (tertiary/aromatic N) is 2. The van der Waals surface area contributed by atoms with Crippen LogP contribution in [0.2, 0.25) is 0 Å². The second-order valence-corrected chi connectivity index (χ2v) is 8.08. The van der Waals surface area contributed by atoms with Gasteiger partial charge in [-0.3, -0.25) is 0 Å². The highest BCUT2D eigenvalue weighted by molar-refractivity contribution is 6.14. The largest absolute Gasteiger partial charge is 0.466 e. The quantitative estimate of drug-likeness (QED) is 0.282. The van der Waals surface area contributed by atoms with Crippen LogP contribution in [0.3, 0.4) is 0 Å². The topological polar surface area (TPSA) is 21.4 Å². The molecule has 29 heavy (non-hydrogen) atoms. The van der Waals surface area contributed by atoms with Gasteiger partial charge in [0.15, 0.2) is 5.69 Å². The molecule has 4 rings (SSSR count). The summed E-state index contributed by atoms with van der Waals surface area (Å²) in [6, 6.07) is 11.8. The molecule has 0 atom stereocenters. The van der Waals surface area contributed by atoms with Crippen LogP contribution >= 0.6 is 0 Å². The molecule has 3 heteroatoms. The molecule has 2 heterocycles. The summed E-state index contributed by atoms with van der Waals surface area (Å²) in [5.74, 6) is -0.153. The van der Waals surface area contributed by atoms with Gasteiger partial charge in [-0.05, 0) is 42.8 Å². The van der Waals surface area contributed by atoms with Gasteiger partial charge < -0.3 is 4.42 Å². The van der Waals surface area contributed by atoms with Crippen LogP contribution in [0.25, 0.3) is 38.0 Å². The molecule has 0 fully saturated rings. The molecule has 0 N–H and O–H groups in total. The maximum atomic E-state index is 8.63. The van der Waals surface area contributed by atoms with Gasteiger partial charge in [-0.2, -0.15) is 4.57 Å². The van der Waals surface area contributed by atoms with Crippen molar-refractivity contribution in [3.63, 3.8) is 0 Å². The number of fused-ring (bicyclic) bond motifs is 3. The van der Waals surface area contributed by atoms with Crippen LogP contribution in [0.1, 0.15) is 39.0 Å². The summed E-state index contributed by atoms with van der Waals surface area (Å²) in [4.78, 5) is 3.66. The highest BCUT2D eigenvalue weighted by atomic mass is 16.3.